The third kappa shape index (κ3) is 5.02. The van der Waals surface area contributed by atoms with E-state index in [-0.39, 0.29) is 10.7 Å². The number of anilines is 1. The molecule has 5 nitrogen and oxygen atoms in total. The van der Waals surface area contributed by atoms with Crippen molar-refractivity contribution in [2.24, 2.45) is 5.92 Å². The smallest absolute Gasteiger partial charge is 0.296 e. The number of hydrogen-bond donors (Lipinski definition) is 1. The number of thioether (sulfide) groups is 1. The Balaban J connectivity index is 1.23. The minimum Gasteiger partial charge on any atom is -0.296 e. The van der Waals surface area contributed by atoms with E-state index in [0.717, 1.165) is 36.0 Å². The molecule has 11 heteroatoms. The highest BCUT2D eigenvalue weighted by Crippen LogP contribution is 2.49. The summed E-state index contributed by atoms with van der Waals surface area (Å²) < 4.78 is 39.5. The monoisotopic (exact) mass is 568 g/mol. The van der Waals surface area contributed by atoms with Crippen LogP contribution in [0.4, 0.5) is 18.3 Å². The van der Waals surface area contributed by atoms with Crippen LogP contribution >= 0.6 is 39.0 Å². The molecule has 2 aliphatic rings. The molecule has 0 unspecified atom stereocenters. The highest BCUT2D eigenvalue weighted by atomic mass is 79.9. The quantitative estimate of drug-likeness (QED) is 0.294. The van der Waals surface area contributed by atoms with Crippen LogP contribution in [-0.4, -0.2) is 43.7 Å². The molecule has 34 heavy (non-hydrogen) atoms. The number of amides is 1. The number of nitrogens with one attached hydrogen (secondary N) is 1. The number of likely N-dealkylation sites (tertiary alicyclic amines) is 1. The van der Waals surface area contributed by atoms with E-state index in [9.17, 15) is 18.0 Å². The summed E-state index contributed by atoms with van der Waals surface area (Å²) >= 11 is 6.79. The van der Waals surface area contributed by atoms with Crippen LogP contribution < -0.4 is 5.32 Å². The first-order valence-electron chi connectivity index (χ1n) is 10.7. The van der Waals surface area contributed by atoms with Gasteiger partial charge in [0.1, 0.15) is 0 Å². The van der Waals surface area contributed by atoms with Crippen LogP contribution in [0.2, 0.25) is 0 Å². The molecule has 1 saturated heterocycles. The third-order valence-corrected chi connectivity index (χ3v) is 9.66. The van der Waals surface area contributed by atoms with Gasteiger partial charge in [0.25, 0.3) is 5.91 Å². The summed E-state index contributed by atoms with van der Waals surface area (Å²) in [6.45, 7) is 1.95. The fraction of sp³-hybridized carbons (Fsp3) is 0.348. The molecule has 1 saturated carbocycles. The number of aromatic nitrogens is 2. The van der Waals surface area contributed by atoms with Gasteiger partial charge in [-0.1, -0.05) is 75.4 Å². The van der Waals surface area contributed by atoms with Gasteiger partial charge in [-0.25, -0.2) is 0 Å². The Labute approximate surface area is 211 Å². The molecule has 4 atom stereocenters. The summed E-state index contributed by atoms with van der Waals surface area (Å²) in [5, 5.41) is 11.4. The second kappa shape index (κ2) is 9.60. The van der Waals surface area contributed by atoms with Crippen LogP contribution in [0.25, 0.3) is 0 Å². The number of nitrogens with zero attached hydrogens (tertiary/aromatic N) is 3. The molecule has 5 rings (SSSR count). The number of piperidine rings is 1. The second-order valence-electron chi connectivity index (χ2n) is 8.41. The lowest BCUT2D eigenvalue weighted by atomic mass is 10.1. The van der Waals surface area contributed by atoms with E-state index in [4.69, 9.17) is 0 Å². The molecule has 2 bridgehead atoms. The zero-order valence-electron chi connectivity index (χ0n) is 17.7. The van der Waals surface area contributed by atoms with E-state index in [1.807, 2.05) is 6.07 Å². The van der Waals surface area contributed by atoms with Gasteiger partial charge in [0.2, 0.25) is 5.13 Å². The molecule has 1 aromatic heterocycles. The van der Waals surface area contributed by atoms with Crippen LogP contribution in [0.5, 0.6) is 0 Å². The zero-order chi connectivity index (χ0) is 23.9. The van der Waals surface area contributed by atoms with Gasteiger partial charge in [0, 0.05) is 34.8 Å². The van der Waals surface area contributed by atoms with Gasteiger partial charge < -0.3 is 0 Å². The first-order chi connectivity index (χ1) is 16.3. The highest BCUT2D eigenvalue weighted by Gasteiger charge is 2.51. The second-order valence-corrected chi connectivity index (χ2v) is 11.9. The van der Waals surface area contributed by atoms with Crippen LogP contribution in [0.3, 0.4) is 0 Å². The van der Waals surface area contributed by atoms with Gasteiger partial charge in [-0.3, -0.25) is 15.0 Å². The lowest BCUT2D eigenvalue weighted by Crippen LogP contribution is -2.40. The number of rotatable bonds is 6. The molecular weight excluding hydrogens is 549 g/mol. The number of fused-ring (bicyclic) bond motifs is 2. The molecule has 2 aromatic carbocycles. The Hall–Kier alpha value is -1.95. The Kier molecular flexibility index (Phi) is 6.71. The largest absolute Gasteiger partial charge is 0.416 e. The van der Waals surface area contributed by atoms with E-state index in [2.05, 4.69) is 60.6 Å². The fourth-order valence-corrected chi connectivity index (χ4v) is 8.37. The summed E-state index contributed by atoms with van der Waals surface area (Å²) in [6.07, 6.45) is -3.44. The summed E-state index contributed by atoms with van der Waals surface area (Å²) in [5.74, 6) is -0.0764. The van der Waals surface area contributed by atoms with Gasteiger partial charge in [-0.05, 0) is 36.1 Å². The molecule has 2 heterocycles. The molecule has 2 fully saturated rings. The first kappa shape index (κ1) is 23.8. The average molecular weight is 569 g/mol. The number of carbonyl (C=O) groups excluding carboxylic acids is 1. The summed E-state index contributed by atoms with van der Waals surface area (Å²) in [7, 11) is 0. The van der Waals surface area contributed by atoms with E-state index in [1.54, 1.807) is 11.8 Å². The Bertz CT molecular complexity index is 1180. The van der Waals surface area contributed by atoms with Crippen LogP contribution in [0.15, 0.2) is 58.9 Å². The topological polar surface area (TPSA) is 58.1 Å². The standard InChI is InChI=1S/C23H20BrF3N4OS2/c24-18-15-10-17(19(18)31(12-15)11-13-5-2-1-3-6-13)33-22-30-29-21(34-22)28-20(32)14-7-4-8-16(9-14)23(25,26)27/h1-9,15,17-19H,10-12H2,(H,28,29,32)/t15-,17-,18+,19+/m0/s1. The maximum atomic E-state index is 12.9. The molecular formula is C23H20BrF3N4OS2. The highest BCUT2D eigenvalue weighted by molar-refractivity contribution is 9.09. The van der Waals surface area contributed by atoms with Crippen molar-refractivity contribution in [3.63, 3.8) is 0 Å². The van der Waals surface area contributed by atoms with Gasteiger partial charge in [0.15, 0.2) is 4.34 Å². The number of carbonyl (C=O) groups is 1. The average Bonchev–Trinajstić information content (AvgIpc) is 3.46. The third-order valence-electron chi connectivity index (χ3n) is 6.14. The molecule has 1 aliphatic carbocycles. The molecule has 0 spiro atoms. The lowest BCUT2D eigenvalue weighted by molar-refractivity contribution is -0.137. The van der Waals surface area contributed by atoms with Crippen LogP contribution in [-0.2, 0) is 12.7 Å². The molecule has 1 aliphatic heterocycles. The SMILES string of the molecule is O=C(Nc1nnc(S[C@H]2C[C@H]3CN(Cc4ccccc4)[C@H]2[C@@H]3Br)s1)c1cccc(C(F)(F)F)c1. The van der Waals surface area contributed by atoms with E-state index in [0.29, 0.717) is 22.0 Å². The number of alkyl halides is 4. The van der Waals surface area contributed by atoms with Crippen molar-refractivity contribution in [2.45, 2.75) is 39.6 Å². The van der Waals surface area contributed by atoms with Crippen molar-refractivity contribution in [2.75, 3.05) is 11.9 Å². The summed E-state index contributed by atoms with van der Waals surface area (Å²) in [5.41, 5.74) is 0.342. The van der Waals surface area contributed by atoms with Crippen molar-refractivity contribution in [3.8, 4) is 0 Å². The predicted octanol–water partition coefficient (Wildman–Crippen LogP) is 5.94. The molecule has 0 radical (unpaired) electrons. The van der Waals surface area contributed by atoms with Gasteiger partial charge in [0.05, 0.1) is 5.56 Å². The molecule has 178 valence electrons. The number of benzene rings is 2. The fourth-order valence-electron chi connectivity index (χ4n) is 4.64. The number of hydrogen-bond acceptors (Lipinski definition) is 6. The predicted molar refractivity (Wildman–Crippen MR) is 130 cm³/mol. The number of halogens is 4. The van der Waals surface area contributed by atoms with Crippen LogP contribution in [0.1, 0.15) is 27.9 Å². The maximum absolute atomic E-state index is 12.9. The zero-order valence-corrected chi connectivity index (χ0v) is 20.9. The van der Waals surface area contributed by atoms with Crippen molar-refractivity contribution < 1.29 is 18.0 Å². The molecule has 1 N–H and O–H groups in total. The normalized spacial score (nSPS) is 24.5. The van der Waals surface area contributed by atoms with E-state index >= 15 is 0 Å². The van der Waals surface area contributed by atoms with Crippen molar-refractivity contribution in [3.05, 3.63) is 71.3 Å². The van der Waals surface area contributed by atoms with Gasteiger partial charge >= 0.3 is 6.18 Å². The van der Waals surface area contributed by atoms with Gasteiger partial charge in [-0.2, -0.15) is 13.2 Å². The summed E-state index contributed by atoms with van der Waals surface area (Å²) in [6, 6.07) is 15.1. The van der Waals surface area contributed by atoms with Crippen molar-refractivity contribution in [1.82, 2.24) is 15.1 Å². The minimum absolute atomic E-state index is 0.0778. The maximum Gasteiger partial charge on any atom is 0.416 e. The Morgan fingerprint density at radius 2 is 1.97 bits per heavy atom. The van der Waals surface area contributed by atoms with Crippen molar-refractivity contribution >= 4 is 50.1 Å². The van der Waals surface area contributed by atoms with Crippen LogP contribution in [0, 0.1) is 5.92 Å². The Morgan fingerprint density at radius 3 is 2.71 bits per heavy atom. The molecule has 1 amide bonds. The van der Waals surface area contributed by atoms with Crippen molar-refractivity contribution in [1.29, 1.82) is 0 Å². The van der Waals surface area contributed by atoms with E-state index in [1.165, 1.54) is 29.0 Å². The van der Waals surface area contributed by atoms with E-state index < -0.39 is 17.6 Å². The minimum atomic E-state index is -4.51. The Morgan fingerprint density at radius 1 is 1.18 bits per heavy atom. The summed E-state index contributed by atoms with van der Waals surface area (Å²) in [4.78, 5) is 15.4. The lowest BCUT2D eigenvalue weighted by Gasteiger charge is -2.32. The first-order valence-corrected chi connectivity index (χ1v) is 13.3. The molecule has 3 aromatic rings. The van der Waals surface area contributed by atoms with Gasteiger partial charge in [-0.15, -0.1) is 10.2 Å².